The van der Waals surface area contributed by atoms with Gasteiger partial charge in [0.2, 0.25) is 11.8 Å². The first-order chi connectivity index (χ1) is 12.6. The van der Waals surface area contributed by atoms with Crippen molar-refractivity contribution in [2.24, 2.45) is 0 Å². The van der Waals surface area contributed by atoms with Crippen LogP contribution in [-0.4, -0.2) is 67.6 Å². The molecule has 0 aromatic carbocycles. The van der Waals surface area contributed by atoms with Crippen molar-refractivity contribution in [1.82, 2.24) is 20.4 Å². The predicted octanol–water partition coefficient (Wildman–Crippen LogP) is 3.47. The van der Waals surface area contributed by atoms with Crippen LogP contribution in [0, 0.1) is 0 Å². The largest absolute Gasteiger partial charge is 0.339 e. The average molecular weight is 389 g/mol. The van der Waals surface area contributed by atoms with Gasteiger partial charge in [-0.2, -0.15) is 0 Å². The van der Waals surface area contributed by atoms with E-state index in [2.05, 4.69) is 75.8 Å². The zero-order valence-corrected chi connectivity index (χ0v) is 19.8. The normalized spacial score (nSPS) is 10.3. The van der Waals surface area contributed by atoms with Crippen molar-refractivity contribution in [3.05, 3.63) is 0 Å². The van der Waals surface area contributed by atoms with Gasteiger partial charge < -0.3 is 20.4 Å². The molecule has 0 aliphatic rings. The highest BCUT2D eigenvalue weighted by molar-refractivity contribution is 5.78. The number of hydrogen-bond donors (Lipinski definition) is 2. The van der Waals surface area contributed by atoms with E-state index in [0.29, 0.717) is 24.9 Å². The van der Waals surface area contributed by atoms with Crippen LogP contribution in [-0.2, 0) is 9.59 Å². The van der Waals surface area contributed by atoms with Crippen LogP contribution in [0.4, 0.5) is 0 Å². The van der Waals surface area contributed by atoms with E-state index in [1.807, 2.05) is 14.1 Å². The highest BCUT2D eigenvalue weighted by Crippen LogP contribution is 1.95. The smallest absolute Gasteiger partial charge is 0.222 e. The van der Waals surface area contributed by atoms with E-state index in [-0.39, 0.29) is 18.5 Å². The third kappa shape index (κ3) is 24.9. The third-order valence-corrected chi connectivity index (χ3v) is 3.72. The fourth-order valence-corrected chi connectivity index (χ4v) is 1.49. The first-order valence-corrected chi connectivity index (χ1v) is 10.5. The lowest BCUT2D eigenvalue weighted by atomic mass is 10.3. The minimum Gasteiger partial charge on any atom is -0.339 e. The molecule has 6 heteroatoms. The number of hydrogen-bond acceptors (Lipinski definition) is 4. The fourth-order valence-electron chi connectivity index (χ4n) is 1.49. The number of nitrogens with one attached hydrogen (secondary N) is 2. The molecule has 0 bridgehead atoms. The van der Waals surface area contributed by atoms with Gasteiger partial charge in [0.25, 0.3) is 0 Å². The Morgan fingerprint density at radius 1 is 0.704 bits per heavy atom. The number of nitrogens with zero attached hydrogens (tertiary/aromatic N) is 2. The molecule has 0 spiro atoms. The van der Waals surface area contributed by atoms with Crippen molar-refractivity contribution in [3.63, 3.8) is 0 Å². The van der Waals surface area contributed by atoms with Crippen LogP contribution in [0.3, 0.4) is 0 Å². The van der Waals surface area contributed by atoms with Gasteiger partial charge in [0.1, 0.15) is 0 Å². The van der Waals surface area contributed by atoms with E-state index in [0.717, 1.165) is 13.1 Å². The van der Waals surface area contributed by atoms with Gasteiger partial charge in [-0.25, -0.2) is 0 Å². The van der Waals surface area contributed by atoms with Gasteiger partial charge in [-0.3, -0.25) is 9.59 Å². The van der Waals surface area contributed by atoms with E-state index in [9.17, 15) is 9.59 Å². The van der Waals surface area contributed by atoms with Gasteiger partial charge in [-0.1, -0.05) is 40.5 Å². The average Bonchev–Trinajstić information content (AvgIpc) is 2.58. The van der Waals surface area contributed by atoms with E-state index in [4.69, 9.17) is 0 Å². The summed E-state index contributed by atoms with van der Waals surface area (Å²) in [5.41, 5.74) is 0. The lowest BCUT2D eigenvalue weighted by molar-refractivity contribution is -0.123. The Balaban J connectivity index is -0.000000840. The summed E-state index contributed by atoms with van der Waals surface area (Å²) < 4.78 is 0. The van der Waals surface area contributed by atoms with Crippen LogP contribution in [0.25, 0.3) is 0 Å². The maximum Gasteiger partial charge on any atom is 0.222 e. The Labute approximate surface area is 169 Å². The van der Waals surface area contributed by atoms with Gasteiger partial charge in [0.15, 0.2) is 0 Å². The second kappa shape index (κ2) is 21.2. The lowest BCUT2D eigenvalue weighted by Crippen LogP contribution is -2.40. The molecule has 0 aromatic rings. The van der Waals surface area contributed by atoms with Crippen LogP contribution in [0.5, 0.6) is 0 Å². The third-order valence-electron chi connectivity index (χ3n) is 3.72. The molecule has 0 aliphatic carbocycles. The topological polar surface area (TPSA) is 64.7 Å². The Bertz CT molecular complexity index is 315. The molecule has 0 aliphatic heterocycles. The molecular formula is C21H48N4O2. The second-order valence-corrected chi connectivity index (χ2v) is 7.44. The standard InChI is InChI=1S/C15H32N4O2.2C3H8/c1-12(2)18(5)9-7-14(20)16-11-17-15(21)8-10-19(6)13(3)4;2*1-3-2/h12-13H,7-11H2,1-6H3,(H,16,20)(H,17,21);2*3H2,1-2H3. The summed E-state index contributed by atoms with van der Waals surface area (Å²) >= 11 is 0. The zero-order chi connectivity index (χ0) is 21.8. The Morgan fingerprint density at radius 3 is 1.19 bits per heavy atom. The van der Waals surface area contributed by atoms with E-state index in [1.54, 1.807) is 0 Å². The molecular weight excluding hydrogens is 340 g/mol. The SMILES string of the molecule is CC(C)N(C)CCC(=O)NCNC(=O)CCN(C)C(C)C.CCC.CCC. The predicted molar refractivity (Wildman–Crippen MR) is 118 cm³/mol. The number of amides is 2. The molecule has 0 fully saturated rings. The molecule has 2 N–H and O–H groups in total. The number of carbonyl (C=O) groups excluding carboxylic acids is 2. The summed E-state index contributed by atoms with van der Waals surface area (Å²) in [4.78, 5) is 27.4. The summed E-state index contributed by atoms with van der Waals surface area (Å²) in [7, 11) is 3.98. The number of rotatable bonds is 10. The molecule has 0 saturated heterocycles. The van der Waals surface area contributed by atoms with Crippen molar-refractivity contribution >= 4 is 11.8 Å². The van der Waals surface area contributed by atoms with Crippen LogP contribution in [0.1, 0.15) is 81.1 Å². The monoisotopic (exact) mass is 388 g/mol. The van der Waals surface area contributed by atoms with Gasteiger partial charge >= 0.3 is 0 Å². The van der Waals surface area contributed by atoms with Crippen LogP contribution in [0.2, 0.25) is 0 Å². The molecule has 2 amide bonds. The highest BCUT2D eigenvalue weighted by atomic mass is 16.2. The quantitative estimate of drug-likeness (QED) is 0.563. The van der Waals surface area contributed by atoms with Gasteiger partial charge in [0, 0.05) is 38.0 Å². The molecule has 0 unspecified atom stereocenters. The lowest BCUT2D eigenvalue weighted by Gasteiger charge is -2.21. The molecule has 0 atom stereocenters. The van der Waals surface area contributed by atoms with Crippen LogP contribution < -0.4 is 10.6 Å². The molecule has 6 nitrogen and oxygen atoms in total. The summed E-state index contributed by atoms with van der Waals surface area (Å²) in [6, 6.07) is 0.853. The fraction of sp³-hybridized carbons (Fsp3) is 0.905. The van der Waals surface area contributed by atoms with E-state index < -0.39 is 0 Å². The first-order valence-electron chi connectivity index (χ1n) is 10.5. The molecule has 27 heavy (non-hydrogen) atoms. The molecule has 0 rings (SSSR count). The zero-order valence-electron chi connectivity index (χ0n) is 19.8. The minimum absolute atomic E-state index is 0.0397. The van der Waals surface area contributed by atoms with Gasteiger partial charge in [-0.15, -0.1) is 0 Å². The molecule has 0 saturated carbocycles. The molecule has 0 radical (unpaired) electrons. The Kier molecular flexibility index (Phi) is 24.0. The van der Waals surface area contributed by atoms with Crippen molar-refractivity contribution < 1.29 is 9.59 Å². The second-order valence-electron chi connectivity index (χ2n) is 7.44. The van der Waals surface area contributed by atoms with Crippen molar-refractivity contribution in [2.45, 2.75) is 93.2 Å². The van der Waals surface area contributed by atoms with Gasteiger partial charge in [0.05, 0.1) is 6.67 Å². The Morgan fingerprint density at radius 2 is 0.963 bits per heavy atom. The van der Waals surface area contributed by atoms with E-state index >= 15 is 0 Å². The molecule has 164 valence electrons. The van der Waals surface area contributed by atoms with Gasteiger partial charge in [-0.05, 0) is 41.8 Å². The van der Waals surface area contributed by atoms with E-state index in [1.165, 1.54) is 12.8 Å². The summed E-state index contributed by atoms with van der Waals surface area (Å²) in [6.07, 6.45) is 3.39. The van der Waals surface area contributed by atoms with Crippen LogP contribution in [0.15, 0.2) is 0 Å². The maximum absolute atomic E-state index is 11.6. The van der Waals surface area contributed by atoms with Crippen molar-refractivity contribution in [1.29, 1.82) is 0 Å². The van der Waals surface area contributed by atoms with Crippen molar-refractivity contribution in [2.75, 3.05) is 33.9 Å². The van der Waals surface area contributed by atoms with Crippen LogP contribution >= 0.6 is 0 Å². The summed E-state index contributed by atoms with van der Waals surface area (Å²) in [5.74, 6) is -0.0794. The van der Waals surface area contributed by atoms with Crippen molar-refractivity contribution in [3.8, 4) is 0 Å². The summed E-state index contributed by atoms with van der Waals surface area (Å²) in [6.45, 7) is 18.5. The number of carbonyl (C=O) groups is 2. The first kappa shape index (κ1) is 30.6. The minimum atomic E-state index is -0.0397. The molecule has 0 aromatic heterocycles. The maximum atomic E-state index is 11.6. The Hall–Kier alpha value is -1.14. The summed E-state index contributed by atoms with van der Waals surface area (Å²) in [5, 5.41) is 5.41. The molecule has 0 heterocycles. The highest BCUT2D eigenvalue weighted by Gasteiger charge is 2.08.